The minimum atomic E-state index is -0.732. The molecule has 1 aromatic rings. The van der Waals surface area contributed by atoms with Crippen molar-refractivity contribution >= 4 is 17.6 Å². The Kier molecular flexibility index (Phi) is 2.46. The summed E-state index contributed by atoms with van der Waals surface area (Å²) in [5.74, 6) is -0.519. The van der Waals surface area contributed by atoms with Gasteiger partial charge in [0.25, 0.3) is 0 Å². The third-order valence-electron chi connectivity index (χ3n) is 2.60. The summed E-state index contributed by atoms with van der Waals surface area (Å²) in [5, 5.41) is 9.22. The number of halogens is 1. The van der Waals surface area contributed by atoms with E-state index in [1.54, 1.807) is 6.33 Å². The predicted octanol–water partition coefficient (Wildman–Crippen LogP) is 1.57. The van der Waals surface area contributed by atoms with E-state index in [1.807, 2.05) is 4.57 Å². The molecule has 1 aliphatic heterocycles. The van der Waals surface area contributed by atoms with Crippen LogP contribution in [0.15, 0.2) is 6.33 Å². The van der Waals surface area contributed by atoms with E-state index in [4.69, 9.17) is 16.7 Å². The number of rotatable bonds is 2. The molecule has 1 atom stereocenters. The van der Waals surface area contributed by atoms with Crippen LogP contribution in [0, 0.1) is 5.92 Å². The van der Waals surface area contributed by atoms with Gasteiger partial charge in [-0.15, -0.1) is 0 Å². The summed E-state index contributed by atoms with van der Waals surface area (Å²) in [4.78, 5) is 14.5. The molecule has 0 saturated heterocycles. The minimum absolute atomic E-state index is 0.213. The van der Waals surface area contributed by atoms with Gasteiger partial charge in [-0.25, -0.2) is 4.98 Å². The van der Waals surface area contributed by atoms with Gasteiger partial charge in [0.05, 0.1) is 12.0 Å². The van der Waals surface area contributed by atoms with Crippen LogP contribution in [0.4, 0.5) is 0 Å². The average Bonchev–Trinajstić information content (AvgIpc) is 2.46. The summed E-state index contributed by atoms with van der Waals surface area (Å²) < 4.78 is 1.96. The van der Waals surface area contributed by atoms with E-state index in [0.29, 0.717) is 5.15 Å². The lowest BCUT2D eigenvalue weighted by Gasteiger charge is -2.22. The van der Waals surface area contributed by atoms with E-state index in [0.717, 1.165) is 25.1 Å². The fraction of sp³-hybridized carbons (Fsp3) is 0.556. The average molecular weight is 215 g/mol. The van der Waals surface area contributed by atoms with E-state index < -0.39 is 5.97 Å². The number of fused-ring (bicyclic) bond motifs is 1. The molecule has 0 bridgehead atoms. The number of carboxylic acid groups (broad SMARTS) is 1. The van der Waals surface area contributed by atoms with Gasteiger partial charge in [0.2, 0.25) is 0 Å². The molecule has 1 N–H and O–H groups in total. The van der Waals surface area contributed by atoms with Gasteiger partial charge in [-0.1, -0.05) is 11.6 Å². The maximum atomic E-state index is 10.5. The van der Waals surface area contributed by atoms with Crippen molar-refractivity contribution in [1.82, 2.24) is 9.55 Å². The third-order valence-corrected chi connectivity index (χ3v) is 2.92. The number of hydrogen-bond acceptors (Lipinski definition) is 2. The molecular formula is C9H11ClN2O2. The van der Waals surface area contributed by atoms with Gasteiger partial charge in [0.15, 0.2) is 0 Å². The predicted molar refractivity (Wildman–Crippen MR) is 51.3 cm³/mol. The number of nitrogens with zero attached hydrogens (tertiary/aromatic N) is 2. The molecular weight excluding hydrogens is 204 g/mol. The van der Waals surface area contributed by atoms with E-state index in [2.05, 4.69) is 4.98 Å². The Labute approximate surface area is 86.5 Å². The maximum Gasteiger partial charge on any atom is 0.303 e. The first-order chi connectivity index (χ1) is 6.66. The quantitative estimate of drug-likeness (QED) is 0.813. The van der Waals surface area contributed by atoms with Crippen molar-refractivity contribution in [2.45, 2.75) is 25.8 Å². The fourth-order valence-electron chi connectivity index (χ4n) is 1.91. The van der Waals surface area contributed by atoms with E-state index in [-0.39, 0.29) is 12.3 Å². The second kappa shape index (κ2) is 3.61. The molecule has 0 spiro atoms. The molecule has 1 unspecified atom stereocenters. The summed E-state index contributed by atoms with van der Waals surface area (Å²) in [6, 6.07) is 0. The molecule has 0 aliphatic carbocycles. The SMILES string of the molecule is O=C(O)CC1CCc2c(Cl)ncn2C1. The first kappa shape index (κ1) is 9.52. The summed E-state index contributed by atoms with van der Waals surface area (Å²) in [6.45, 7) is 0.724. The van der Waals surface area contributed by atoms with Crippen LogP contribution in [0.25, 0.3) is 0 Å². The Bertz CT molecular complexity index is 362. The Hall–Kier alpha value is -1.03. The molecule has 1 aromatic heterocycles. The molecule has 14 heavy (non-hydrogen) atoms. The van der Waals surface area contributed by atoms with Crippen molar-refractivity contribution in [2.75, 3.05) is 0 Å². The lowest BCUT2D eigenvalue weighted by molar-refractivity contribution is -0.138. The van der Waals surface area contributed by atoms with E-state index in [1.165, 1.54) is 0 Å². The number of aliphatic carboxylic acids is 1. The molecule has 0 aromatic carbocycles. The van der Waals surface area contributed by atoms with Gasteiger partial charge >= 0.3 is 5.97 Å². The lowest BCUT2D eigenvalue weighted by Crippen LogP contribution is -2.21. The van der Waals surface area contributed by atoms with Crippen molar-refractivity contribution in [2.24, 2.45) is 5.92 Å². The standard InChI is InChI=1S/C9H11ClN2O2/c10-9-7-2-1-6(3-8(13)14)4-12(7)5-11-9/h5-6H,1-4H2,(H,13,14). The van der Waals surface area contributed by atoms with Crippen molar-refractivity contribution in [1.29, 1.82) is 0 Å². The van der Waals surface area contributed by atoms with Gasteiger partial charge in [0, 0.05) is 13.0 Å². The highest BCUT2D eigenvalue weighted by molar-refractivity contribution is 6.30. The van der Waals surface area contributed by atoms with Crippen molar-refractivity contribution in [3.63, 3.8) is 0 Å². The highest BCUT2D eigenvalue weighted by Crippen LogP contribution is 2.26. The summed E-state index contributed by atoms with van der Waals surface area (Å²) in [6.07, 6.45) is 3.63. The zero-order valence-electron chi connectivity index (χ0n) is 7.61. The molecule has 76 valence electrons. The zero-order chi connectivity index (χ0) is 10.1. The zero-order valence-corrected chi connectivity index (χ0v) is 8.37. The fourth-order valence-corrected chi connectivity index (χ4v) is 2.16. The Morgan fingerprint density at radius 1 is 1.79 bits per heavy atom. The van der Waals surface area contributed by atoms with Crippen LogP contribution in [0.2, 0.25) is 5.15 Å². The van der Waals surface area contributed by atoms with E-state index in [9.17, 15) is 4.79 Å². The smallest absolute Gasteiger partial charge is 0.303 e. The molecule has 2 heterocycles. The summed E-state index contributed by atoms with van der Waals surface area (Å²) in [7, 11) is 0. The van der Waals surface area contributed by atoms with Crippen LogP contribution in [0.1, 0.15) is 18.5 Å². The van der Waals surface area contributed by atoms with Gasteiger partial charge in [-0.2, -0.15) is 0 Å². The minimum Gasteiger partial charge on any atom is -0.481 e. The first-order valence-corrected chi connectivity index (χ1v) is 4.96. The first-order valence-electron chi connectivity index (χ1n) is 4.58. The molecule has 0 fully saturated rings. The summed E-state index contributed by atoms with van der Waals surface area (Å²) >= 11 is 5.86. The van der Waals surface area contributed by atoms with Crippen molar-refractivity contribution in [3.8, 4) is 0 Å². The van der Waals surface area contributed by atoms with Gasteiger partial charge in [-0.05, 0) is 18.8 Å². The Morgan fingerprint density at radius 2 is 2.57 bits per heavy atom. The van der Waals surface area contributed by atoms with Crippen LogP contribution < -0.4 is 0 Å². The molecule has 5 heteroatoms. The van der Waals surface area contributed by atoms with Crippen LogP contribution in [-0.2, 0) is 17.8 Å². The number of aromatic nitrogens is 2. The Balaban J connectivity index is 2.10. The van der Waals surface area contributed by atoms with Gasteiger partial charge in [0.1, 0.15) is 5.15 Å². The third kappa shape index (κ3) is 1.75. The largest absolute Gasteiger partial charge is 0.481 e. The van der Waals surface area contributed by atoms with Crippen molar-refractivity contribution in [3.05, 3.63) is 17.2 Å². The maximum absolute atomic E-state index is 10.5. The molecule has 0 saturated carbocycles. The highest BCUT2D eigenvalue weighted by atomic mass is 35.5. The normalized spacial score (nSPS) is 20.5. The van der Waals surface area contributed by atoms with Crippen LogP contribution in [0.5, 0.6) is 0 Å². The molecule has 0 radical (unpaired) electrons. The van der Waals surface area contributed by atoms with Gasteiger partial charge in [-0.3, -0.25) is 4.79 Å². The summed E-state index contributed by atoms with van der Waals surface area (Å²) in [5.41, 5.74) is 1.04. The second-order valence-corrected chi connectivity index (χ2v) is 4.00. The van der Waals surface area contributed by atoms with Crippen LogP contribution in [-0.4, -0.2) is 20.6 Å². The Morgan fingerprint density at radius 3 is 3.29 bits per heavy atom. The van der Waals surface area contributed by atoms with Crippen molar-refractivity contribution < 1.29 is 9.90 Å². The molecule has 0 amide bonds. The van der Waals surface area contributed by atoms with Crippen LogP contribution >= 0.6 is 11.6 Å². The van der Waals surface area contributed by atoms with Crippen LogP contribution in [0.3, 0.4) is 0 Å². The second-order valence-electron chi connectivity index (χ2n) is 3.64. The monoisotopic (exact) mass is 214 g/mol. The highest BCUT2D eigenvalue weighted by Gasteiger charge is 2.22. The topological polar surface area (TPSA) is 55.1 Å². The number of hydrogen-bond donors (Lipinski definition) is 1. The van der Waals surface area contributed by atoms with E-state index >= 15 is 0 Å². The number of carbonyl (C=O) groups is 1. The molecule has 1 aliphatic rings. The molecule has 4 nitrogen and oxygen atoms in total. The lowest BCUT2D eigenvalue weighted by atomic mass is 9.95. The number of imidazole rings is 1. The molecule has 2 rings (SSSR count). The number of carboxylic acids is 1. The van der Waals surface area contributed by atoms with Gasteiger partial charge < -0.3 is 9.67 Å².